The molecule has 0 radical (unpaired) electrons. The molecule has 0 aliphatic heterocycles. The van der Waals surface area contributed by atoms with E-state index in [9.17, 15) is 4.21 Å². The first-order chi connectivity index (χ1) is 18.4. The van der Waals surface area contributed by atoms with Crippen LogP contribution in [0, 0.1) is 0 Å². The Kier molecular flexibility index (Phi) is 7.91. The number of nitrogens with zero attached hydrogens (tertiary/aromatic N) is 1. The van der Waals surface area contributed by atoms with Crippen molar-refractivity contribution in [1.29, 1.82) is 0 Å². The Hall–Kier alpha value is -3.10. The largest absolute Gasteiger partial charge is 0.242 e. The third kappa shape index (κ3) is 5.38. The van der Waals surface area contributed by atoms with Crippen LogP contribution in [0.3, 0.4) is 0 Å². The molecule has 0 spiro atoms. The summed E-state index contributed by atoms with van der Waals surface area (Å²) >= 11 is 0. The second kappa shape index (κ2) is 11.3. The lowest BCUT2D eigenvalue weighted by atomic mass is 9.94. The number of benzene rings is 5. The summed E-state index contributed by atoms with van der Waals surface area (Å²) in [6.45, 7) is 6.14. The van der Waals surface area contributed by atoms with Crippen molar-refractivity contribution in [2.45, 2.75) is 31.6 Å². The van der Waals surface area contributed by atoms with Gasteiger partial charge in [0.25, 0.3) is 0 Å². The molecular formula is C34H34NOPS. The second-order valence-electron chi connectivity index (χ2n) is 10.4. The standard InChI is InChI=1S/C34H34NOPS/c1-34(2,3)38(36)35(4)33(30-24-15-17-26-16-11-12-22-29(26)30)31-23-13-14-25-32(31)37(27-18-7-5-8-19-27)28-20-9-6-10-21-28/h5-25,33H,1-4H3/t33-,38-/m1/s1. The van der Waals surface area contributed by atoms with Crippen molar-refractivity contribution in [2.75, 3.05) is 7.05 Å². The van der Waals surface area contributed by atoms with Gasteiger partial charge in [-0.15, -0.1) is 0 Å². The molecule has 0 heterocycles. The summed E-state index contributed by atoms with van der Waals surface area (Å²) in [5.41, 5.74) is 2.37. The first-order valence-corrected chi connectivity index (χ1v) is 15.4. The van der Waals surface area contributed by atoms with Gasteiger partial charge in [-0.3, -0.25) is 0 Å². The van der Waals surface area contributed by atoms with E-state index in [1.54, 1.807) is 0 Å². The molecule has 0 aliphatic rings. The highest BCUT2D eigenvalue weighted by Gasteiger charge is 2.34. The molecule has 0 aromatic heterocycles. The summed E-state index contributed by atoms with van der Waals surface area (Å²) < 4.78 is 15.6. The van der Waals surface area contributed by atoms with E-state index in [4.69, 9.17) is 0 Å². The fourth-order valence-electron chi connectivity index (χ4n) is 5.08. The smallest absolute Gasteiger partial charge is 0.100 e. The third-order valence-corrected chi connectivity index (χ3v) is 11.1. The monoisotopic (exact) mass is 535 g/mol. The van der Waals surface area contributed by atoms with Crippen molar-refractivity contribution >= 4 is 45.6 Å². The van der Waals surface area contributed by atoms with E-state index in [1.807, 2.05) is 27.8 Å². The lowest BCUT2D eigenvalue weighted by Crippen LogP contribution is -2.39. The molecule has 192 valence electrons. The zero-order chi connectivity index (χ0) is 26.7. The van der Waals surface area contributed by atoms with Gasteiger partial charge in [0.05, 0.1) is 10.8 Å². The van der Waals surface area contributed by atoms with Gasteiger partial charge >= 0.3 is 0 Å². The third-order valence-electron chi connectivity index (χ3n) is 6.77. The highest BCUT2D eigenvalue weighted by atomic mass is 32.2. The van der Waals surface area contributed by atoms with Crippen LogP contribution in [-0.4, -0.2) is 20.3 Å². The Balaban J connectivity index is 1.79. The van der Waals surface area contributed by atoms with Crippen molar-refractivity contribution in [3.63, 3.8) is 0 Å². The maximum absolute atomic E-state index is 14.0. The molecule has 0 saturated heterocycles. The first kappa shape index (κ1) is 26.5. The zero-order valence-corrected chi connectivity index (χ0v) is 24.1. The quantitative estimate of drug-likeness (QED) is 0.204. The van der Waals surface area contributed by atoms with E-state index in [0.29, 0.717) is 0 Å². The van der Waals surface area contributed by atoms with E-state index in [0.717, 1.165) is 0 Å². The predicted octanol–water partition coefficient (Wildman–Crippen LogP) is 7.08. The molecule has 4 heteroatoms. The summed E-state index contributed by atoms with van der Waals surface area (Å²) in [6, 6.07) is 45.2. The van der Waals surface area contributed by atoms with Gasteiger partial charge in [-0.1, -0.05) is 127 Å². The number of fused-ring (bicyclic) bond motifs is 1. The molecule has 38 heavy (non-hydrogen) atoms. The Labute approximate surface area is 230 Å². The van der Waals surface area contributed by atoms with E-state index in [1.165, 1.54) is 37.8 Å². The van der Waals surface area contributed by atoms with Gasteiger partial charge in [-0.05, 0) is 66.5 Å². The van der Waals surface area contributed by atoms with Gasteiger partial charge in [0.2, 0.25) is 0 Å². The van der Waals surface area contributed by atoms with Crippen LogP contribution >= 0.6 is 7.92 Å². The van der Waals surface area contributed by atoms with Crippen LogP contribution in [0.2, 0.25) is 0 Å². The molecule has 2 atom stereocenters. The van der Waals surface area contributed by atoms with Crippen molar-refractivity contribution in [3.8, 4) is 0 Å². The topological polar surface area (TPSA) is 20.3 Å². The predicted molar refractivity (Wildman–Crippen MR) is 167 cm³/mol. The molecule has 0 unspecified atom stereocenters. The molecule has 0 saturated carbocycles. The highest BCUT2D eigenvalue weighted by Crippen LogP contribution is 2.41. The van der Waals surface area contributed by atoms with Gasteiger partial charge in [0.1, 0.15) is 11.0 Å². The molecular weight excluding hydrogens is 501 g/mol. The number of hydrogen-bond acceptors (Lipinski definition) is 1. The maximum atomic E-state index is 14.0. The molecule has 0 amide bonds. The van der Waals surface area contributed by atoms with E-state index >= 15 is 0 Å². The van der Waals surface area contributed by atoms with Crippen molar-refractivity contribution in [3.05, 3.63) is 139 Å². The minimum atomic E-state index is -1.23. The van der Waals surface area contributed by atoms with Crippen molar-refractivity contribution < 1.29 is 4.21 Å². The van der Waals surface area contributed by atoms with E-state index < -0.39 is 23.7 Å². The normalized spacial score (nSPS) is 13.6. The Morgan fingerprint density at radius 1 is 0.632 bits per heavy atom. The average molecular weight is 536 g/mol. The second-order valence-corrected chi connectivity index (χ2v) is 14.9. The molecule has 2 nitrogen and oxygen atoms in total. The van der Waals surface area contributed by atoms with E-state index in [-0.39, 0.29) is 6.04 Å². The average Bonchev–Trinajstić information content (AvgIpc) is 2.94. The minimum Gasteiger partial charge on any atom is -0.242 e. The molecule has 0 aliphatic carbocycles. The Morgan fingerprint density at radius 3 is 1.76 bits per heavy atom. The SMILES string of the molecule is CN([C@@H](c1ccccc1P(c1ccccc1)c1ccccc1)c1cccc2ccccc12)[S@](=O)C(C)(C)C. The summed E-state index contributed by atoms with van der Waals surface area (Å²) in [6.07, 6.45) is 0. The summed E-state index contributed by atoms with van der Waals surface area (Å²) in [5, 5.41) is 6.28. The van der Waals surface area contributed by atoms with Gasteiger partial charge in [0, 0.05) is 7.05 Å². The zero-order valence-electron chi connectivity index (χ0n) is 22.4. The first-order valence-electron chi connectivity index (χ1n) is 13.0. The summed E-state index contributed by atoms with van der Waals surface area (Å²) in [7, 11) is -0.0448. The lowest BCUT2D eigenvalue weighted by molar-refractivity contribution is 0.443. The molecule has 5 rings (SSSR count). The minimum absolute atomic E-state index is 0.185. The highest BCUT2D eigenvalue weighted by molar-refractivity contribution is 7.84. The molecule has 5 aromatic rings. The fraction of sp³-hybridized carbons (Fsp3) is 0.176. The Bertz CT molecular complexity index is 1500. The number of rotatable bonds is 7. The maximum Gasteiger partial charge on any atom is 0.100 e. The van der Waals surface area contributed by atoms with Gasteiger partial charge in [-0.2, -0.15) is 0 Å². The van der Waals surface area contributed by atoms with Crippen LogP contribution in [0.5, 0.6) is 0 Å². The lowest BCUT2D eigenvalue weighted by Gasteiger charge is -2.35. The molecule has 0 bridgehead atoms. The van der Waals surface area contributed by atoms with Crippen LogP contribution in [0.4, 0.5) is 0 Å². The molecule has 0 N–H and O–H groups in total. The van der Waals surface area contributed by atoms with Crippen LogP contribution < -0.4 is 15.9 Å². The molecule has 0 fully saturated rings. The van der Waals surface area contributed by atoms with Crippen molar-refractivity contribution in [2.24, 2.45) is 0 Å². The molecule has 5 aromatic carbocycles. The van der Waals surface area contributed by atoms with Crippen LogP contribution in [0.15, 0.2) is 127 Å². The number of hydrogen-bond donors (Lipinski definition) is 0. The fourth-order valence-corrected chi connectivity index (χ4v) is 8.85. The van der Waals surface area contributed by atoms with Gasteiger partial charge in [-0.25, -0.2) is 8.51 Å². The van der Waals surface area contributed by atoms with Crippen molar-refractivity contribution in [1.82, 2.24) is 4.31 Å². The summed E-state index contributed by atoms with van der Waals surface area (Å²) in [5.74, 6) is 0. The van der Waals surface area contributed by atoms with Crippen LogP contribution in [0.25, 0.3) is 10.8 Å². The summed E-state index contributed by atoms with van der Waals surface area (Å²) in [4.78, 5) is 0. The van der Waals surface area contributed by atoms with Crippen LogP contribution in [-0.2, 0) is 11.0 Å². The Morgan fingerprint density at radius 2 is 1.13 bits per heavy atom. The van der Waals surface area contributed by atoms with Gasteiger partial charge in [0.15, 0.2) is 0 Å². The van der Waals surface area contributed by atoms with E-state index in [2.05, 4.69) is 132 Å². The van der Waals surface area contributed by atoms with Crippen LogP contribution in [0.1, 0.15) is 37.9 Å². The van der Waals surface area contributed by atoms with Gasteiger partial charge < -0.3 is 0 Å².